The summed E-state index contributed by atoms with van der Waals surface area (Å²) in [7, 11) is 2.21. The molecule has 1 nitrogen and oxygen atoms in total. The van der Waals surface area contributed by atoms with E-state index in [4.69, 9.17) is 0 Å². The van der Waals surface area contributed by atoms with Crippen molar-refractivity contribution in [1.82, 2.24) is 4.90 Å². The van der Waals surface area contributed by atoms with E-state index in [1.807, 2.05) is 0 Å². The first-order valence-electron chi connectivity index (χ1n) is 4.20. The monoisotopic (exact) mass is 139 g/mol. The van der Waals surface area contributed by atoms with Gasteiger partial charge in [-0.2, -0.15) is 0 Å². The van der Waals surface area contributed by atoms with Gasteiger partial charge in [-0.15, -0.1) is 0 Å². The third kappa shape index (κ3) is 1.84. The largest absolute Gasteiger partial charge is 0.303 e. The molecular formula is C9H17N. The number of hydrogen-bond donors (Lipinski definition) is 0. The first-order valence-corrected chi connectivity index (χ1v) is 4.20. The summed E-state index contributed by atoms with van der Waals surface area (Å²) in [5, 5.41) is 0. The Morgan fingerprint density at radius 2 is 2.30 bits per heavy atom. The summed E-state index contributed by atoms with van der Waals surface area (Å²) in [5.74, 6) is 0. The van der Waals surface area contributed by atoms with Crippen molar-refractivity contribution in [2.45, 2.75) is 32.2 Å². The maximum Gasteiger partial charge on any atom is 0.0129 e. The van der Waals surface area contributed by atoms with Crippen LogP contribution in [0.3, 0.4) is 0 Å². The summed E-state index contributed by atoms with van der Waals surface area (Å²) in [6.45, 7) is 3.40. The molecule has 58 valence electrons. The molecule has 0 aromatic heterocycles. The zero-order valence-corrected chi connectivity index (χ0v) is 7.01. The molecule has 0 saturated carbocycles. The molecule has 0 radical (unpaired) electrons. The molecule has 1 atom stereocenters. The van der Waals surface area contributed by atoms with Gasteiger partial charge in [-0.1, -0.05) is 19.1 Å². The molecule has 0 spiro atoms. The molecule has 1 heteroatoms. The van der Waals surface area contributed by atoms with E-state index in [2.05, 4.69) is 31.0 Å². The highest BCUT2D eigenvalue weighted by Gasteiger charge is 2.12. The highest BCUT2D eigenvalue weighted by molar-refractivity contribution is 4.93. The first kappa shape index (κ1) is 7.80. The quantitative estimate of drug-likeness (QED) is 0.529. The summed E-state index contributed by atoms with van der Waals surface area (Å²) in [5.41, 5.74) is 0. The zero-order chi connectivity index (χ0) is 7.40. The number of hydrogen-bond acceptors (Lipinski definition) is 1. The van der Waals surface area contributed by atoms with E-state index in [-0.39, 0.29) is 0 Å². The molecule has 0 aromatic carbocycles. The van der Waals surface area contributed by atoms with E-state index in [1.165, 1.54) is 25.8 Å². The molecule has 0 heterocycles. The molecule has 0 aromatic rings. The van der Waals surface area contributed by atoms with Gasteiger partial charge >= 0.3 is 0 Å². The fourth-order valence-electron chi connectivity index (χ4n) is 1.44. The van der Waals surface area contributed by atoms with Crippen LogP contribution >= 0.6 is 0 Å². The minimum Gasteiger partial charge on any atom is -0.303 e. The van der Waals surface area contributed by atoms with Gasteiger partial charge in [0.2, 0.25) is 0 Å². The maximum absolute atomic E-state index is 2.43. The van der Waals surface area contributed by atoms with E-state index < -0.39 is 0 Å². The fourth-order valence-corrected chi connectivity index (χ4v) is 1.44. The average Bonchev–Trinajstić information content (AvgIpc) is 2.05. The van der Waals surface area contributed by atoms with Crippen LogP contribution < -0.4 is 0 Å². The van der Waals surface area contributed by atoms with Crippen molar-refractivity contribution in [3.05, 3.63) is 12.2 Å². The smallest absolute Gasteiger partial charge is 0.0129 e. The van der Waals surface area contributed by atoms with Crippen LogP contribution in [-0.4, -0.2) is 24.5 Å². The third-order valence-corrected chi connectivity index (χ3v) is 2.36. The summed E-state index contributed by atoms with van der Waals surface area (Å²) in [6, 6.07) is 0.815. The molecule has 1 aliphatic rings. The van der Waals surface area contributed by atoms with Gasteiger partial charge in [-0.3, -0.25) is 0 Å². The predicted molar refractivity (Wildman–Crippen MR) is 45.1 cm³/mol. The van der Waals surface area contributed by atoms with Crippen molar-refractivity contribution < 1.29 is 0 Å². The lowest BCUT2D eigenvalue weighted by Crippen LogP contribution is -2.31. The van der Waals surface area contributed by atoms with Crippen LogP contribution in [0.2, 0.25) is 0 Å². The number of allylic oxidation sites excluding steroid dienone is 1. The second-order valence-electron chi connectivity index (χ2n) is 3.01. The van der Waals surface area contributed by atoms with E-state index in [1.54, 1.807) is 0 Å². The van der Waals surface area contributed by atoms with Crippen LogP contribution in [-0.2, 0) is 0 Å². The van der Waals surface area contributed by atoms with Gasteiger partial charge in [0.05, 0.1) is 0 Å². The van der Waals surface area contributed by atoms with Crippen molar-refractivity contribution in [1.29, 1.82) is 0 Å². The standard InChI is InChI=1S/C9H17N/c1-3-10(2)9-7-5-4-6-8-9/h4-5,9H,3,6-8H2,1-2H3. The Balaban J connectivity index is 2.33. The minimum absolute atomic E-state index is 0.815. The molecular weight excluding hydrogens is 122 g/mol. The maximum atomic E-state index is 2.43. The van der Waals surface area contributed by atoms with Gasteiger partial charge < -0.3 is 4.90 Å². The van der Waals surface area contributed by atoms with Crippen LogP contribution in [0.5, 0.6) is 0 Å². The normalized spacial score (nSPS) is 25.7. The lowest BCUT2D eigenvalue weighted by atomic mass is 10.0. The van der Waals surface area contributed by atoms with Crippen LogP contribution in [0.4, 0.5) is 0 Å². The fraction of sp³-hybridized carbons (Fsp3) is 0.778. The molecule has 0 fully saturated rings. The molecule has 1 unspecified atom stereocenters. The first-order chi connectivity index (χ1) is 4.84. The van der Waals surface area contributed by atoms with Crippen LogP contribution in [0, 0.1) is 0 Å². The van der Waals surface area contributed by atoms with Crippen LogP contribution in [0.1, 0.15) is 26.2 Å². The highest BCUT2D eigenvalue weighted by Crippen LogP contribution is 2.15. The Labute approximate surface area is 63.7 Å². The SMILES string of the molecule is CCN(C)C1CC=CCC1. The summed E-state index contributed by atoms with van der Waals surface area (Å²) in [6.07, 6.45) is 8.47. The second kappa shape index (κ2) is 3.77. The van der Waals surface area contributed by atoms with Crippen molar-refractivity contribution >= 4 is 0 Å². The lowest BCUT2D eigenvalue weighted by molar-refractivity contribution is 0.239. The zero-order valence-electron chi connectivity index (χ0n) is 7.01. The summed E-state index contributed by atoms with van der Waals surface area (Å²) >= 11 is 0. The number of nitrogens with zero attached hydrogens (tertiary/aromatic N) is 1. The molecule has 10 heavy (non-hydrogen) atoms. The molecule has 0 N–H and O–H groups in total. The molecule has 0 bridgehead atoms. The van der Waals surface area contributed by atoms with Crippen LogP contribution in [0.15, 0.2) is 12.2 Å². The van der Waals surface area contributed by atoms with Gasteiger partial charge in [0.15, 0.2) is 0 Å². The molecule has 1 rings (SSSR count). The average molecular weight is 139 g/mol. The van der Waals surface area contributed by atoms with Gasteiger partial charge in [-0.05, 0) is 32.9 Å². The third-order valence-electron chi connectivity index (χ3n) is 2.36. The molecule has 0 amide bonds. The minimum atomic E-state index is 0.815. The van der Waals surface area contributed by atoms with E-state index in [0.29, 0.717) is 0 Å². The number of rotatable bonds is 2. The highest BCUT2D eigenvalue weighted by atomic mass is 15.1. The molecule has 1 aliphatic carbocycles. The Morgan fingerprint density at radius 3 is 2.80 bits per heavy atom. The Bertz CT molecular complexity index is 118. The van der Waals surface area contributed by atoms with Crippen LogP contribution in [0.25, 0.3) is 0 Å². The second-order valence-corrected chi connectivity index (χ2v) is 3.01. The van der Waals surface area contributed by atoms with Gasteiger partial charge in [0.1, 0.15) is 0 Å². The predicted octanol–water partition coefficient (Wildman–Crippen LogP) is 2.05. The topological polar surface area (TPSA) is 3.24 Å². The van der Waals surface area contributed by atoms with Crippen molar-refractivity contribution in [3.8, 4) is 0 Å². The van der Waals surface area contributed by atoms with E-state index in [0.717, 1.165) is 6.04 Å². The van der Waals surface area contributed by atoms with Gasteiger partial charge in [0.25, 0.3) is 0 Å². The Kier molecular flexibility index (Phi) is 2.94. The molecule has 0 aliphatic heterocycles. The summed E-state index contributed by atoms with van der Waals surface area (Å²) in [4.78, 5) is 2.43. The van der Waals surface area contributed by atoms with Crippen molar-refractivity contribution in [2.75, 3.05) is 13.6 Å². The Hall–Kier alpha value is -0.300. The molecule has 0 saturated heterocycles. The van der Waals surface area contributed by atoms with Gasteiger partial charge in [0, 0.05) is 6.04 Å². The lowest BCUT2D eigenvalue weighted by Gasteiger charge is -2.27. The van der Waals surface area contributed by atoms with Crippen molar-refractivity contribution in [3.63, 3.8) is 0 Å². The summed E-state index contributed by atoms with van der Waals surface area (Å²) < 4.78 is 0. The van der Waals surface area contributed by atoms with Crippen molar-refractivity contribution in [2.24, 2.45) is 0 Å². The van der Waals surface area contributed by atoms with E-state index >= 15 is 0 Å². The van der Waals surface area contributed by atoms with E-state index in [9.17, 15) is 0 Å². The van der Waals surface area contributed by atoms with Gasteiger partial charge in [-0.25, -0.2) is 0 Å². The Morgan fingerprint density at radius 1 is 1.50 bits per heavy atom.